The van der Waals surface area contributed by atoms with Crippen LogP contribution in [0.5, 0.6) is 0 Å². The molecule has 0 saturated heterocycles. The van der Waals surface area contributed by atoms with E-state index < -0.39 is 0 Å². The Labute approximate surface area is 100 Å². The molecule has 3 heteroatoms. The number of aromatic nitrogens is 1. The van der Waals surface area contributed by atoms with Crippen LogP contribution in [0.3, 0.4) is 0 Å². The Hall–Kier alpha value is -1.12. The largest absolute Gasteiger partial charge is 0.330 e. The van der Waals surface area contributed by atoms with E-state index in [-0.39, 0.29) is 0 Å². The van der Waals surface area contributed by atoms with Crippen LogP contribution in [0.25, 0.3) is 10.9 Å². The molecule has 2 nitrogen and oxygen atoms in total. The molecule has 2 aromatic rings. The molecular formula is C13H15ClN2. The lowest BCUT2D eigenvalue weighted by Gasteiger charge is -2.10. The quantitative estimate of drug-likeness (QED) is 0.830. The van der Waals surface area contributed by atoms with E-state index in [0.29, 0.717) is 17.6 Å². The van der Waals surface area contributed by atoms with Gasteiger partial charge in [0.1, 0.15) is 5.15 Å². The number of hydrogen-bond acceptors (Lipinski definition) is 2. The molecule has 0 amide bonds. The highest BCUT2D eigenvalue weighted by molar-refractivity contribution is 6.30. The summed E-state index contributed by atoms with van der Waals surface area (Å²) in [5, 5.41) is 1.73. The number of hydrogen-bond donors (Lipinski definition) is 1. The van der Waals surface area contributed by atoms with Gasteiger partial charge in [0.05, 0.1) is 5.52 Å². The molecule has 0 fully saturated rings. The molecule has 0 aliphatic rings. The van der Waals surface area contributed by atoms with Crippen molar-refractivity contribution in [3.8, 4) is 0 Å². The highest BCUT2D eigenvalue weighted by Crippen LogP contribution is 2.22. The van der Waals surface area contributed by atoms with Crippen molar-refractivity contribution in [2.24, 2.45) is 11.7 Å². The predicted molar refractivity (Wildman–Crippen MR) is 68.7 cm³/mol. The Morgan fingerprint density at radius 1 is 1.38 bits per heavy atom. The molecule has 0 radical (unpaired) electrons. The summed E-state index contributed by atoms with van der Waals surface area (Å²) in [6.45, 7) is 2.79. The van der Waals surface area contributed by atoms with E-state index in [2.05, 4.69) is 24.0 Å². The van der Waals surface area contributed by atoms with Crippen molar-refractivity contribution in [3.05, 3.63) is 41.0 Å². The van der Waals surface area contributed by atoms with Gasteiger partial charge in [0.15, 0.2) is 0 Å². The molecule has 1 aromatic heterocycles. The minimum atomic E-state index is 0.431. The van der Waals surface area contributed by atoms with E-state index in [9.17, 15) is 0 Å². The lowest BCUT2D eigenvalue weighted by Crippen LogP contribution is -2.13. The molecule has 2 N–H and O–H groups in total. The molecule has 0 aliphatic heterocycles. The fourth-order valence-electron chi connectivity index (χ4n) is 1.74. The number of nitrogens with two attached hydrogens (primary N) is 1. The summed E-state index contributed by atoms with van der Waals surface area (Å²) in [4.78, 5) is 4.39. The van der Waals surface area contributed by atoms with E-state index in [4.69, 9.17) is 17.3 Å². The van der Waals surface area contributed by atoms with Gasteiger partial charge in [0.25, 0.3) is 0 Å². The first kappa shape index (κ1) is 11.4. The number of nitrogens with zero attached hydrogens (tertiary/aromatic N) is 1. The number of halogens is 1. The van der Waals surface area contributed by atoms with Crippen molar-refractivity contribution in [2.75, 3.05) is 6.54 Å². The number of rotatable bonds is 3. The SMILES string of the molecule is CC(CN)Cc1cc2ccccc2nc1Cl. The summed E-state index contributed by atoms with van der Waals surface area (Å²) in [5.74, 6) is 0.431. The summed E-state index contributed by atoms with van der Waals surface area (Å²) in [6, 6.07) is 10.1. The highest BCUT2D eigenvalue weighted by Gasteiger charge is 2.08. The summed E-state index contributed by atoms with van der Waals surface area (Å²) in [5.41, 5.74) is 7.64. The molecule has 0 saturated carbocycles. The summed E-state index contributed by atoms with van der Waals surface area (Å²) in [6.07, 6.45) is 0.882. The van der Waals surface area contributed by atoms with Gasteiger partial charge in [0.2, 0.25) is 0 Å². The molecule has 1 unspecified atom stereocenters. The second-order valence-corrected chi connectivity index (χ2v) is 4.53. The zero-order valence-corrected chi connectivity index (χ0v) is 10.0. The molecule has 0 bridgehead atoms. The second-order valence-electron chi connectivity index (χ2n) is 4.18. The predicted octanol–water partition coefficient (Wildman–Crippen LogP) is 3.03. The number of pyridine rings is 1. The van der Waals surface area contributed by atoms with Crippen LogP contribution < -0.4 is 5.73 Å². The first-order valence-electron chi connectivity index (χ1n) is 5.45. The minimum Gasteiger partial charge on any atom is -0.330 e. The topological polar surface area (TPSA) is 38.9 Å². The maximum Gasteiger partial charge on any atom is 0.132 e. The van der Waals surface area contributed by atoms with Gasteiger partial charge in [-0.2, -0.15) is 0 Å². The smallest absolute Gasteiger partial charge is 0.132 e. The fraction of sp³-hybridized carbons (Fsp3) is 0.308. The van der Waals surface area contributed by atoms with Gasteiger partial charge in [-0.3, -0.25) is 0 Å². The molecule has 0 spiro atoms. The molecule has 0 aliphatic carbocycles. The van der Waals surface area contributed by atoms with E-state index in [1.807, 2.05) is 18.2 Å². The van der Waals surface area contributed by atoms with Gasteiger partial charge < -0.3 is 5.73 Å². The van der Waals surface area contributed by atoms with Gasteiger partial charge >= 0.3 is 0 Å². The third-order valence-electron chi connectivity index (χ3n) is 2.72. The first-order chi connectivity index (χ1) is 7.70. The van der Waals surface area contributed by atoms with Gasteiger partial charge in [-0.15, -0.1) is 0 Å². The monoisotopic (exact) mass is 234 g/mol. The van der Waals surface area contributed by atoms with Gasteiger partial charge in [-0.25, -0.2) is 4.98 Å². The van der Waals surface area contributed by atoms with E-state index in [0.717, 1.165) is 22.9 Å². The van der Waals surface area contributed by atoms with Crippen LogP contribution in [-0.4, -0.2) is 11.5 Å². The van der Waals surface area contributed by atoms with Crippen LogP contribution in [0.1, 0.15) is 12.5 Å². The molecule has 1 heterocycles. The van der Waals surface area contributed by atoms with Crippen molar-refractivity contribution in [1.29, 1.82) is 0 Å². The molecular weight excluding hydrogens is 220 g/mol. The normalized spacial score (nSPS) is 12.9. The van der Waals surface area contributed by atoms with E-state index in [1.165, 1.54) is 0 Å². The summed E-state index contributed by atoms with van der Waals surface area (Å²) >= 11 is 6.15. The Bertz CT molecular complexity index is 496. The van der Waals surface area contributed by atoms with Gasteiger partial charge in [-0.1, -0.05) is 36.7 Å². The van der Waals surface area contributed by atoms with Crippen molar-refractivity contribution in [3.63, 3.8) is 0 Å². The fourth-order valence-corrected chi connectivity index (χ4v) is 1.96. The Kier molecular flexibility index (Phi) is 3.42. The lowest BCUT2D eigenvalue weighted by molar-refractivity contribution is 0.592. The van der Waals surface area contributed by atoms with Crippen molar-refractivity contribution in [2.45, 2.75) is 13.3 Å². The maximum atomic E-state index is 6.15. The zero-order chi connectivity index (χ0) is 11.5. The van der Waals surface area contributed by atoms with Crippen LogP contribution in [-0.2, 0) is 6.42 Å². The average molecular weight is 235 g/mol. The highest BCUT2D eigenvalue weighted by atomic mass is 35.5. The van der Waals surface area contributed by atoms with Crippen LogP contribution in [0.4, 0.5) is 0 Å². The summed E-state index contributed by atoms with van der Waals surface area (Å²) < 4.78 is 0. The van der Waals surface area contributed by atoms with Crippen LogP contribution >= 0.6 is 11.6 Å². The second kappa shape index (κ2) is 4.81. The molecule has 84 valence electrons. The Morgan fingerprint density at radius 2 is 2.12 bits per heavy atom. The van der Waals surface area contributed by atoms with Crippen molar-refractivity contribution < 1.29 is 0 Å². The third-order valence-corrected chi connectivity index (χ3v) is 3.05. The summed E-state index contributed by atoms with van der Waals surface area (Å²) in [7, 11) is 0. The number of fused-ring (bicyclic) bond motifs is 1. The Balaban J connectivity index is 2.42. The number of benzene rings is 1. The van der Waals surface area contributed by atoms with Crippen LogP contribution in [0.15, 0.2) is 30.3 Å². The van der Waals surface area contributed by atoms with Gasteiger partial charge in [0, 0.05) is 5.39 Å². The maximum absolute atomic E-state index is 6.15. The van der Waals surface area contributed by atoms with Crippen LogP contribution in [0.2, 0.25) is 5.15 Å². The third kappa shape index (κ3) is 2.34. The molecule has 1 atom stereocenters. The average Bonchev–Trinajstić information content (AvgIpc) is 2.30. The molecule has 2 rings (SSSR count). The van der Waals surface area contributed by atoms with Crippen LogP contribution in [0, 0.1) is 5.92 Å². The first-order valence-corrected chi connectivity index (χ1v) is 5.82. The zero-order valence-electron chi connectivity index (χ0n) is 9.28. The van der Waals surface area contributed by atoms with Crippen molar-refractivity contribution in [1.82, 2.24) is 4.98 Å². The lowest BCUT2D eigenvalue weighted by atomic mass is 10.0. The Morgan fingerprint density at radius 3 is 2.88 bits per heavy atom. The standard InChI is InChI=1S/C13H15ClN2/c1-9(8-15)6-11-7-10-4-2-3-5-12(10)16-13(11)14/h2-5,7,9H,6,8,15H2,1H3. The molecule has 1 aromatic carbocycles. The van der Waals surface area contributed by atoms with E-state index >= 15 is 0 Å². The van der Waals surface area contributed by atoms with E-state index in [1.54, 1.807) is 0 Å². The number of para-hydroxylation sites is 1. The minimum absolute atomic E-state index is 0.431. The molecule has 16 heavy (non-hydrogen) atoms. The van der Waals surface area contributed by atoms with Gasteiger partial charge in [-0.05, 0) is 36.6 Å². The van der Waals surface area contributed by atoms with Crippen molar-refractivity contribution >= 4 is 22.5 Å².